The van der Waals surface area contributed by atoms with Gasteiger partial charge in [0, 0.05) is 28.7 Å². The molecule has 2 aromatic carbocycles. The second-order valence-electron chi connectivity index (χ2n) is 6.55. The molecule has 1 atom stereocenters. The monoisotopic (exact) mass is 444 g/mol. The Hall–Kier alpha value is -2.67. The van der Waals surface area contributed by atoms with Gasteiger partial charge in [-0.1, -0.05) is 28.1 Å². The van der Waals surface area contributed by atoms with Crippen LogP contribution >= 0.6 is 15.9 Å². The molecule has 6 nitrogen and oxygen atoms in total. The Morgan fingerprint density at radius 3 is 2.39 bits per heavy atom. The van der Waals surface area contributed by atoms with E-state index in [0.717, 1.165) is 22.1 Å². The van der Waals surface area contributed by atoms with Crippen LogP contribution in [0.15, 0.2) is 53.0 Å². The zero-order valence-electron chi connectivity index (χ0n) is 15.5. The Kier molecular flexibility index (Phi) is 6.46. The van der Waals surface area contributed by atoms with Gasteiger partial charge in [-0.3, -0.25) is 14.4 Å². The number of anilines is 1. The van der Waals surface area contributed by atoms with Gasteiger partial charge < -0.3 is 15.0 Å². The fourth-order valence-electron chi connectivity index (χ4n) is 3.15. The van der Waals surface area contributed by atoms with Gasteiger partial charge >= 0.3 is 5.97 Å². The van der Waals surface area contributed by atoms with Gasteiger partial charge in [0.1, 0.15) is 0 Å². The van der Waals surface area contributed by atoms with Gasteiger partial charge in [-0.15, -0.1) is 0 Å². The number of benzene rings is 2. The summed E-state index contributed by atoms with van der Waals surface area (Å²) in [6, 6.07) is 13.8. The third kappa shape index (κ3) is 4.78. The Bertz CT molecular complexity index is 865. The number of ether oxygens (including phenoxy) is 1. The highest BCUT2D eigenvalue weighted by molar-refractivity contribution is 9.10. The van der Waals surface area contributed by atoms with Crippen molar-refractivity contribution < 1.29 is 19.1 Å². The van der Waals surface area contributed by atoms with Crippen LogP contribution < -0.4 is 10.2 Å². The van der Waals surface area contributed by atoms with Crippen molar-refractivity contribution in [2.24, 2.45) is 0 Å². The maximum absolute atomic E-state index is 12.7. The van der Waals surface area contributed by atoms with Crippen LogP contribution in [0.1, 0.15) is 41.2 Å². The van der Waals surface area contributed by atoms with E-state index in [4.69, 9.17) is 4.74 Å². The van der Waals surface area contributed by atoms with E-state index in [-0.39, 0.29) is 18.2 Å². The summed E-state index contributed by atoms with van der Waals surface area (Å²) in [5.74, 6) is -0.599. The van der Waals surface area contributed by atoms with Crippen molar-refractivity contribution in [3.8, 4) is 0 Å². The topological polar surface area (TPSA) is 75.7 Å². The quantitative estimate of drug-likeness (QED) is 0.690. The summed E-state index contributed by atoms with van der Waals surface area (Å²) < 4.78 is 5.67. The Balaban J connectivity index is 1.74. The van der Waals surface area contributed by atoms with Crippen molar-refractivity contribution >= 4 is 39.4 Å². The molecule has 1 N–H and O–H groups in total. The summed E-state index contributed by atoms with van der Waals surface area (Å²) in [5, 5.41) is 2.90. The standard InChI is InChI=1S/C21H21BrN2O4/c1-28-20(26)13-18(14-4-8-16(22)9-5-14)23-21(27)15-6-10-17(11-7-15)24-12-2-3-19(24)25/h4-11,18H,2-3,12-13H2,1H3,(H,23,27). The maximum Gasteiger partial charge on any atom is 0.307 e. The summed E-state index contributed by atoms with van der Waals surface area (Å²) in [5.41, 5.74) is 2.06. The number of halogens is 1. The third-order valence-corrected chi connectivity index (χ3v) is 5.22. The number of hydrogen-bond acceptors (Lipinski definition) is 4. The van der Waals surface area contributed by atoms with E-state index in [2.05, 4.69) is 21.2 Å². The van der Waals surface area contributed by atoms with Crippen molar-refractivity contribution in [2.75, 3.05) is 18.6 Å². The van der Waals surface area contributed by atoms with Crippen LogP contribution in [0.2, 0.25) is 0 Å². The average molecular weight is 445 g/mol. The predicted octanol–water partition coefficient (Wildman–Crippen LogP) is 3.61. The number of nitrogens with zero attached hydrogens (tertiary/aromatic N) is 1. The smallest absolute Gasteiger partial charge is 0.307 e. The zero-order chi connectivity index (χ0) is 20.1. The van der Waals surface area contributed by atoms with Gasteiger partial charge in [-0.05, 0) is 48.4 Å². The molecule has 0 aliphatic carbocycles. The van der Waals surface area contributed by atoms with Gasteiger partial charge in [0.2, 0.25) is 5.91 Å². The van der Waals surface area contributed by atoms with Crippen LogP contribution in [0, 0.1) is 0 Å². The van der Waals surface area contributed by atoms with Crippen LogP contribution in [0.25, 0.3) is 0 Å². The summed E-state index contributed by atoms with van der Waals surface area (Å²) in [6.07, 6.45) is 1.44. The van der Waals surface area contributed by atoms with E-state index in [1.807, 2.05) is 24.3 Å². The Labute approximate surface area is 172 Å². The summed E-state index contributed by atoms with van der Waals surface area (Å²) >= 11 is 3.38. The molecule has 0 aromatic heterocycles. The molecule has 1 aliphatic heterocycles. The lowest BCUT2D eigenvalue weighted by Gasteiger charge is -2.19. The fourth-order valence-corrected chi connectivity index (χ4v) is 3.42. The van der Waals surface area contributed by atoms with Crippen molar-refractivity contribution in [2.45, 2.75) is 25.3 Å². The van der Waals surface area contributed by atoms with Crippen molar-refractivity contribution in [1.29, 1.82) is 0 Å². The van der Waals surface area contributed by atoms with Gasteiger partial charge in [0.05, 0.1) is 19.6 Å². The van der Waals surface area contributed by atoms with Crippen LogP contribution in [-0.4, -0.2) is 31.4 Å². The molecular formula is C21H21BrN2O4. The first-order valence-corrected chi connectivity index (χ1v) is 9.81. The number of esters is 1. The van der Waals surface area contributed by atoms with Gasteiger partial charge in [0.25, 0.3) is 5.91 Å². The molecule has 3 rings (SSSR count). The molecule has 1 fully saturated rings. The minimum atomic E-state index is -0.507. The van der Waals surface area contributed by atoms with Crippen LogP contribution in [-0.2, 0) is 14.3 Å². The highest BCUT2D eigenvalue weighted by atomic mass is 79.9. The van der Waals surface area contributed by atoms with E-state index in [0.29, 0.717) is 18.5 Å². The van der Waals surface area contributed by atoms with E-state index in [1.54, 1.807) is 29.2 Å². The van der Waals surface area contributed by atoms with E-state index >= 15 is 0 Å². The molecule has 2 amide bonds. The Morgan fingerprint density at radius 1 is 1.14 bits per heavy atom. The molecule has 28 heavy (non-hydrogen) atoms. The summed E-state index contributed by atoms with van der Waals surface area (Å²) in [7, 11) is 1.32. The fraction of sp³-hybridized carbons (Fsp3) is 0.286. The SMILES string of the molecule is COC(=O)CC(NC(=O)c1ccc(N2CCCC2=O)cc1)c1ccc(Br)cc1. The van der Waals surface area contributed by atoms with Gasteiger partial charge in [-0.2, -0.15) is 0 Å². The molecule has 2 aromatic rings. The third-order valence-electron chi connectivity index (χ3n) is 4.69. The highest BCUT2D eigenvalue weighted by Crippen LogP contribution is 2.23. The van der Waals surface area contributed by atoms with Crippen molar-refractivity contribution in [3.63, 3.8) is 0 Å². The molecule has 0 radical (unpaired) electrons. The summed E-state index contributed by atoms with van der Waals surface area (Å²) in [4.78, 5) is 38.1. The molecular weight excluding hydrogens is 424 g/mol. The second-order valence-corrected chi connectivity index (χ2v) is 7.47. The predicted molar refractivity (Wildman–Crippen MR) is 109 cm³/mol. The van der Waals surface area contributed by atoms with E-state index in [9.17, 15) is 14.4 Å². The molecule has 146 valence electrons. The first-order valence-electron chi connectivity index (χ1n) is 9.01. The molecule has 7 heteroatoms. The van der Waals surface area contributed by atoms with Crippen LogP contribution in [0.3, 0.4) is 0 Å². The minimum Gasteiger partial charge on any atom is -0.469 e. The lowest BCUT2D eigenvalue weighted by atomic mass is 10.0. The van der Waals surface area contributed by atoms with Gasteiger partial charge in [0.15, 0.2) is 0 Å². The van der Waals surface area contributed by atoms with E-state index < -0.39 is 12.0 Å². The number of nitrogens with one attached hydrogen (secondary N) is 1. The largest absolute Gasteiger partial charge is 0.469 e. The molecule has 1 heterocycles. The first kappa shape index (κ1) is 20.1. The number of rotatable bonds is 6. The van der Waals surface area contributed by atoms with Crippen LogP contribution in [0.5, 0.6) is 0 Å². The second kappa shape index (κ2) is 9.01. The number of carbonyl (C=O) groups is 3. The van der Waals surface area contributed by atoms with Crippen molar-refractivity contribution in [3.05, 3.63) is 64.1 Å². The molecule has 0 spiro atoms. The molecule has 1 aliphatic rings. The molecule has 0 saturated carbocycles. The average Bonchev–Trinajstić information content (AvgIpc) is 3.14. The number of hydrogen-bond donors (Lipinski definition) is 1. The molecule has 1 saturated heterocycles. The first-order chi connectivity index (χ1) is 13.5. The highest BCUT2D eigenvalue weighted by Gasteiger charge is 2.23. The molecule has 0 bridgehead atoms. The lowest BCUT2D eigenvalue weighted by Crippen LogP contribution is -2.30. The molecule has 1 unspecified atom stereocenters. The lowest BCUT2D eigenvalue weighted by molar-refractivity contribution is -0.141. The maximum atomic E-state index is 12.7. The van der Waals surface area contributed by atoms with E-state index in [1.165, 1.54) is 7.11 Å². The van der Waals surface area contributed by atoms with Gasteiger partial charge in [-0.25, -0.2) is 0 Å². The summed E-state index contributed by atoms with van der Waals surface area (Å²) in [6.45, 7) is 0.704. The van der Waals surface area contributed by atoms with Crippen LogP contribution in [0.4, 0.5) is 5.69 Å². The number of methoxy groups -OCH3 is 1. The number of carbonyl (C=O) groups excluding carboxylic acids is 3. The normalized spacial score (nSPS) is 14.6. The minimum absolute atomic E-state index is 0.0320. The Morgan fingerprint density at radius 2 is 1.82 bits per heavy atom. The zero-order valence-corrected chi connectivity index (χ0v) is 17.1. The number of amides is 2. The van der Waals surface area contributed by atoms with Crippen molar-refractivity contribution in [1.82, 2.24) is 5.32 Å².